The first-order valence-corrected chi connectivity index (χ1v) is 8.52. The lowest BCUT2D eigenvalue weighted by molar-refractivity contribution is 0.0911. The Morgan fingerprint density at radius 3 is 2.71 bits per heavy atom. The van der Waals surface area contributed by atoms with Crippen LogP contribution in [0.15, 0.2) is 18.2 Å². The zero-order valence-electron chi connectivity index (χ0n) is 12.4. The highest BCUT2D eigenvalue weighted by Gasteiger charge is 2.13. The van der Waals surface area contributed by atoms with Crippen molar-refractivity contribution in [2.24, 2.45) is 0 Å². The van der Waals surface area contributed by atoms with Gasteiger partial charge in [0, 0.05) is 19.6 Å². The van der Waals surface area contributed by atoms with Crippen LogP contribution in [0.2, 0.25) is 0 Å². The molecule has 1 heterocycles. The minimum atomic E-state index is -3.28. The molecule has 7 heteroatoms. The van der Waals surface area contributed by atoms with Crippen molar-refractivity contribution in [3.8, 4) is 0 Å². The molecule has 0 amide bonds. The van der Waals surface area contributed by atoms with Gasteiger partial charge < -0.3 is 10.1 Å². The molecule has 0 spiro atoms. The van der Waals surface area contributed by atoms with E-state index < -0.39 is 10.0 Å². The van der Waals surface area contributed by atoms with Crippen molar-refractivity contribution >= 4 is 22.4 Å². The molecule has 1 aromatic rings. The highest BCUT2D eigenvalue weighted by Crippen LogP contribution is 2.17. The number of halogens is 1. The van der Waals surface area contributed by atoms with E-state index in [1.54, 1.807) is 0 Å². The lowest BCUT2D eigenvalue weighted by atomic mass is 10.1. The number of ether oxygens (including phenoxy) is 1. The van der Waals surface area contributed by atoms with Gasteiger partial charge in [0.05, 0.1) is 18.5 Å². The Labute approximate surface area is 132 Å². The van der Waals surface area contributed by atoms with Gasteiger partial charge in [-0.2, -0.15) is 0 Å². The number of sulfonamides is 1. The Kier molecular flexibility index (Phi) is 7.09. The predicted molar refractivity (Wildman–Crippen MR) is 85.9 cm³/mol. The predicted octanol–water partition coefficient (Wildman–Crippen LogP) is 1.56. The number of fused-ring (bicyclic) bond motifs is 1. The van der Waals surface area contributed by atoms with Crippen LogP contribution in [-0.4, -0.2) is 26.9 Å². The molecule has 0 unspecified atom stereocenters. The Morgan fingerprint density at radius 1 is 1.29 bits per heavy atom. The summed E-state index contributed by atoms with van der Waals surface area (Å²) in [6, 6.07) is 6.09. The normalized spacial score (nSPS) is 14.0. The van der Waals surface area contributed by atoms with Crippen LogP contribution < -0.4 is 10.0 Å². The molecule has 0 aromatic heterocycles. The van der Waals surface area contributed by atoms with Gasteiger partial charge >= 0.3 is 0 Å². The van der Waals surface area contributed by atoms with Crippen molar-refractivity contribution in [2.45, 2.75) is 39.6 Å². The van der Waals surface area contributed by atoms with E-state index >= 15 is 0 Å². The molecule has 2 rings (SSSR count). The molecule has 1 aromatic carbocycles. The molecule has 0 radical (unpaired) electrons. The van der Waals surface area contributed by atoms with Crippen molar-refractivity contribution in [3.05, 3.63) is 34.9 Å². The summed E-state index contributed by atoms with van der Waals surface area (Å²) < 4.78 is 31.5. The summed E-state index contributed by atoms with van der Waals surface area (Å²) in [4.78, 5) is 0. The molecule has 0 atom stereocenters. The Bertz CT molecular complexity index is 561. The third kappa shape index (κ3) is 5.92. The second-order valence-corrected chi connectivity index (χ2v) is 7.19. The topological polar surface area (TPSA) is 67.4 Å². The molecule has 120 valence electrons. The van der Waals surface area contributed by atoms with E-state index in [2.05, 4.69) is 22.2 Å². The van der Waals surface area contributed by atoms with Gasteiger partial charge in [-0.25, -0.2) is 13.1 Å². The minimum absolute atomic E-state index is 0. The van der Waals surface area contributed by atoms with Gasteiger partial charge in [-0.15, -0.1) is 12.4 Å². The van der Waals surface area contributed by atoms with Gasteiger partial charge in [0.1, 0.15) is 0 Å². The second-order valence-electron chi connectivity index (χ2n) is 5.27. The summed E-state index contributed by atoms with van der Waals surface area (Å²) >= 11 is 0. The van der Waals surface area contributed by atoms with Gasteiger partial charge in [-0.1, -0.05) is 18.2 Å². The molecule has 0 fully saturated rings. The molecule has 5 nitrogen and oxygen atoms in total. The third-order valence-corrected chi connectivity index (χ3v) is 4.49. The fourth-order valence-electron chi connectivity index (χ4n) is 2.12. The molecule has 1 aliphatic rings. The van der Waals surface area contributed by atoms with Gasteiger partial charge in [-0.3, -0.25) is 0 Å². The van der Waals surface area contributed by atoms with E-state index in [1.165, 1.54) is 11.1 Å². The second kappa shape index (κ2) is 8.10. The molecule has 0 saturated heterocycles. The number of nitrogens with one attached hydrogen (secondary N) is 2. The van der Waals surface area contributed by atoms with Crippen molar-refractivity contribution < 1.29 is 13.2 Å². The number of rotatable bonds is 7. The van der Waals surface area contributed by atoms with Crippen molar-refractivity contribution in [1.29, 1.82) is 0 Å². The summed E-state index contributed by atoms with van der Waals surface area (Å²) in [5, 5.41) is 3.27. The maximum atomic E-state index is 11.8. The Hall–Kier alpha value is -0.660. The standard InChI is InChI=1S/C14H22N2O3S.ClH/c1-11(2)19-5-6-20(17,18)16-8-12-3-4-13-9-15-10-14(13)7-12;/h3-4,7,11,15-16H,5-6,8-10H2,1-2H3;1H. The zero-order chi connectivity index (χ0) is 14.6. The van der Waals surface area contributed by atoms with Gasteiger partial charge in [0.15, 0.2) is 0 Å². The Balaban J connectivity index is 0.00000220. The molecule has 21 heavy (non-hydrogen) atoms. The van der Waals surface area contributed by atoms with Crippen LogP contribution in [0.5, 0.6) is 0 Å². The lowest BCUT2D eigenvalue weighted by Crippen LogP contribution is -2.28. The maximum absolute atomic E-state index is 11.8. The molecule has 0 bridgehead atoms. The summed E-state index contributed by atoms with van der Waals surface area (Å²) in [7, 11) is -3.28. The van der Waals surface area contributed by atoms with Crippen molar-refractivity contribution in [2.75, 3.05) is 12.4 Å². The third-order valence-electron chi connectivity index (χ3n) is 3.20. The SMILES string of the molecule is CC(C)OCCS(=O)(=O)NCc1ccc2c(c1)CNC2.Cl. The molecular weight excluding hydrogens is 312 g/mol. The van der Waals surface area contributed by atoms with Gasteiger partial charge in [0.25, 0.3) is 0 Å². The number of benzene rings is 1. The van der Waals surface area contributed by atoms with Crippen LogP contribution in [0, 0.1) is 0 Å². The highest BCUT2D eigenvalue weighted by atomic mass is 35.5. The van der Waals surface area contributed by atoms with E-state index in [0.29, 0.717) is 6.54 Å². The fraction of sp³-hybridized carbons (Fsp3) is 0.571. The molecule has 0 saturated carbocycles. The van der Waals surface area contributed by atoms with E-state index in [0.717, 1.165) is 18.7 Å². The fourth-order valence-corrected chi connectivity index (χ4v) is 2.96. The largest absolute Gasteiger partial charge is 0.378 e. The van der Waals surface area contributed by atoms with Crippen LogP contribution in [0.4, 0.5) is 0 Å². The molecule has 2 N–H and O–H groups in total. The maximum Gasteiger partial charge on any atom is 0.214 e. The van der Waals surface area contributed by atoms with Gasteiger partial charge in [-0.05, 0) is 30.5 Å². The average molecular weight is 335 g/mol. The van der Waals surface area contributed by atoms with E-state index in [9.17, 15) is 8.42 Å². The number of hydrogen-bond donors (Lipinski definition) is 2. The first kappa shape index (κ1) is 18.4. The summed E-state index contributed by atoms with van der Waals surface area (Å²) in [6.07, 6.45) is 0.0504. The zero-order valence-corrected chi connectivity index (χ0v) is 14.0. The first-order chi connectivity index (χ1) is 9.46. The summed E-state index contributed by atoms with van der Waals surface area (Å²) in [5.41, 5.74) is 3.53. The van der Waals surface area contributed by atoms with Crippen LogP contribution in [-0.2, 0) is 34.4 Å². The Morgan fingerprint density at radius 2 is 2.00 bits per heavy atom. The van der Waals surface area contributed by atoms with Crippen molar-refractivity contribution in [3.63, 3.8) is 0 Å². The van der Waals surface area contributed by atoms with E-state index in [1.807, 2.05) is 19.9 Å². The average Bonchev–Trinajstić information content (AvgIpc) is 2.83. The monoisotopic (exact) mass is 334 g/mol. The van der Waals surface area contributed by atoms with Crippen LogP contribution in [0.25, 0.3) is 0 Å². The van der Waals surface area contributed by atoms with E-state index in [4.69, 9.17) is 4.74 Å². The minimum Gasteiger partial charge on any atom is -0.378 e. The van der Waals surface area contributed by atoms with Crippen LogP contribution in [0.3, 0.4) is 0 Å². The smallest absolute Gasteiger partial charge is 0.214 e. The highest BCUT2D eigenvalue weighted by molar-refractivity contribution is 7.89. The van der Waals surface area contributed by atoms with E-state index in [-0.39, 0.29) is 30.9 Å². The lowest BCUT2D eigenvalue weighted by Gasteiger charge is -2.10. The summed E-state index contributed by atoms with van der Waals surface area (Å²) in [6.45, 7) is 6.09. The molecular formula is C14H23ClN2O3S. The quantitative estimate of drug-likeness (QED) is 0.794. The summed E-state index contributed by atoms with van der Waals surface area (Å²) in [5.74, 6) is -0.00231. The van der Waals surface area contributed by atoms with Crippen LogP contribution >= 0.6 is 12.4 Å². The number of hydrogen-bond acceptors (Lipinski definition) is 4. The molecule has 1 aliphatic heterocycles. The first-order valence-electron chi connectivity index (χ1n) is 6.86. The molecule has 0 aliphatic carbocycles. The van der Waals surface area contributed by atoms with Gasteiger partial charge in [0.2, 0.25) is 10.0 Å². The van der Waals surface area contributed by atoms with Crippen molar-refractivity contribution in [1.82, 2.24) is 10.0 Å². The van der Waals surface area contributed by atoms with Crippen LogP contribution in [0.1, 0.15) is 30.5 Å².